The lowest BCUT2D eigenvalue weighted by molar-refractivity contribution is -0.401. The number of hydrogen-bond acceptors (Lipinski definition) is 14. The van der Waals surface area contributed by atoms with Gasteiger partial charge >= 0.3 is 5.97 Å². The predicted molar refractivity (Wildman–Crippen MR) is 273 cm³/mol. The van der Waals surface area contributed by atoms with Gasteiger partial charge in [0.25, 0.3) is 42.2 Å². The number of unbranched alkanes of at least 4 members (excludes halogenated alkanes) is 1. The van der Waals surface area contributed by atoms with Crippen LogP contribution in [-0.2, 0) is 76.9 Å². The van der Waals surface area contributed by atoms with Gasteiger partial charge < -0.3 is 14.3 Å². The molecule has 0 spiro atoms. The quantitative estimate of drug-likeness (QED) is 0.0449. The third-order valence-corrected chi connectivity index (χ3v) is 17.7. The second-order valence-corrected chi connectivity index (χ2v) is 25.5. The first kappa shape index (κ1) is 56.1. The molecule has 0 bridgehead atoms. The van der Waals surface area contributed by atoms with E-state index in [1.807, 2.05) is 71.9 Å². The highest BCUT2D eigenvalue weighted by Gasteiger charge is 2.47. The van der Waals surface area contributed by atoms with Gasteiger partial charge in [-0.1, -0.05) is 36.4 Å². The molecule has 1 fully saturated rings. The van der Waals surface area contributed by atoms with Crippen molar-refractivity contribution in [1.29, 1.82) is 0 Å². The summed E-state index contributed by atoms with van der Waals surface area (Å²) in [5.41, 5.74) is 6.06. The van der Waals surface area contributed by atoms with Crippen LogP contribution in [0, 0.1) is 0 Å². The van der Waals surface area contributed by atoms with Crippen molar-refractivity contribution in [3.8, 4) is 0 Å². The van der Waals surface area contributed by atoms with E-state index in [2.05, 4.69) is 0 Å². The van der Waals surface area contributed by atoms with Crippen molar-refractivity contribution in [2.45, 2.75) is 118 Å². The van der Waals surface area contributed by atoms with Crippen molar-refractivity contribution in [1.82, 2.24) is 5.06 Å². The molecule has 7 rings (SSSR count). The highest BCUT2D eigenvalue weighted by molar-refractivity contribution is 7.86. The largest absolute Gasteiger partial charge is 0.744 e. The molecule has 1 saturated heterocycles. The van der Waals surface area contributed by atoms with Crippen LogP contribution in [-0.4, -0.2) is 111 Å². The molecule has 19 nitrogen and oxygen atoms in total. The maximum atomic E-state index is 12.4. The van der Waals surface area contributed by atoms with E-state index in [1.54, 1.807) is 20.2 Å². The lowest BCUT2D eigenvalue weighted by Crippen LogP contribution is -2.31. The van der Waals surface area contributed by atoms with E-state index in [1.165, 1.54) is 30.3 Å². The van der Waals surface area contributed by atoms with Crippen molar-refractivity contribution in [3.05, 3.63) is 124 Å². The second kappa shape index (κ2) is 21.5. The molecular formula is C51H59N3O16S4. The standard InChI is InChI=1S/C51H59N3O16S4/c1-50(28-8-30-71(58,59)60)40-32-38(73(64,65)66)20-22-42(40)52(3)44(50)24-18-35-11-7-12-36(49(35)37-16-14-34(15-17-37)10-5-6-13-48(57)70-54-46(55)26-27-47(54)56)19-25-45-51(2,29-9-31-72(61,62)63)41-33-39(74(67,68)69)21-23-43(41)53(45)4/h14-25,32-33H,5-13,26-31H2,1-4H3,(H3-,58,59,60,61,62,63,64,65,66,67,68,69). The fourth-order valence-electron chi connectivity index (χ4n) is 10.7. The van der Waals surface area contributed by atoms with E-state index in [0.29, 0.717) is 77.5 Å². The number of rotatable bonds is 20. The summed E-state index contributed by atoms with van der Waals surface area (Å²) in [5, 5.41) is 0.527. The van der Waals surface area contributed by atoms with Gasteiger partial charge in [0.2, 0.25) is 5.69 Å². The van der Waals surface area contributed by atoms with Crippen molar-refractivity contribution in [2.24, 2.45) is 0 Å². The average molecular weight is 1100 g/mol. The number of likely N-dealkylation sites (N-methyl/N-ethyl adjacent to an activating group) is 1. The Labute approximate surface area is 431 Å². The van der Waals surface area contributed by atoms with Gasteiger partial charge in [0.1, 0.15) is 17.2 Å². The predicted octanol–water partition coefficient (Wildman–Crippen LogP) is 6.89. The normalized spacial score (nSPS) is 21.7. The fourth-order valence-corrected chi connectivity index (χ4v) is 12.7. The minimum absolute atomic E-state index is 0.000690. The maximum Gasteiger partial charge on any atom is 0.333 e. The molecule has 0 radical (unpaired) electrons. The summed E-state index contributed by atoms with van der Waals surface area (Å²) < 4.78 is 140. The topological polar surface area (TPSA) is 290 Å². The Morgan fingerprint density at radius 1 is 0.743 bits per heavy atom. The highest BCUT2D eigenvalue weighted by Crippen LogP contribution is 2.51. The van der Waals surface area contributed by atoms with E-state index >= 15 is 0 Å². The summed E-state index contributed by atoms with van der Waals surface area (Å²) in [6, 6.07) is 16.2. The summed E-state index contributed by atoms with van der Waals surface area (Å²) in [4.78, 5) is 42.3. The van der Waals surface area contributed by atoms with Gasteiger partial charge in [-0.3, -0.25) is 23.2 Å². The van der Waals surface area contributed by atoms with E-state index in [0.717, 1.165) is 27.8 Å². The molecule has 0 aromatic heterocycles. The molecule has 3 aromatic carbocycles. The molecule has 3 aliphatic heterocycles. The minimum Gasteiger partial charge on any atom is -0.744 e. The molecule has 1 aliphatic carbocycles. The fraction of sp³-hybridized carbons (Fsp3) is 0.412. The first-order valence-corrected chi connectivity index (χ1v) is 30.0. The molecule has 3 aromatic rings. The number of amides is 2. The molecule has 74 heavy (non-hydrogen) atoms. The number of nitrogens with zero attached hydrogens (tertiary/aromatic N) is 3. The average Bonchev–Trinajstić information content (AvgIpc) is 3.82. The third kappa shape index (κ3) is 12.5. The van der Waals surface area contributed by atoms with Gasteiger partial charge in [0.15, 0.2) is 5.71 Å². The van der Waals surface area contributed by atoms with Gasteiger partial charge in [-0.15, -0.1) is 5.06 Å². The molecule has 4 aliphatic rings. The number of aryl methyl sites for hydroxylation is 1. The van der Waals surface area contributed by atoms with Crippen molar-refractivity contribution in [2.75, 3.05) is 30.5 Å². The van der Waals surface area contributed by atoms with E-state index < -0.39 is 85.5 Å². The number of hydroxylamine groups is 2. The van der Waals surface area contributed by atoms with Gasteiger partial charge in [-0.25, -0.2) is 13.2 Å². The lowest BCUT2D eigenvalue weighted by Gasteiger charge is -2.29. The first-order valence-electron chi connectivity index (χ1n) is 24.0. The molecule has 23 heteroatoms. The Morgan fingerprint density at radius 2 is 1.35 bits per heavy atom. The lowest BCUT2D eigenvalue weighted by atomic mass is 9.75. The van der Waals surface area contributed by atoms with Crippen LogP contribution in [0.4, 0.5) is 11.4 Å². The molecule has 3 heterocycles. The SMILES string of the molecule is CN1C(=C/C=C2\CCCC(/C=C/C3=[N+](C)c4ccc(S(=O)(=O)[O-])cc4C3(C)CCCS(=O)(=O)O)=C2c2ccc(CCCCC(=O)ON3C(=O)CCC3=O)cc2)C(C)(CCCS(=O)(=O)O)c2cc(S(=O)(=O)O)ccc21. The third-order valence-electron chi connectivity index (χ3n) is 14.4. The molecule has 3 N–H and O–H groups in total. The van der Waals surface area contributed by atoms with Crippen molar-refractivity contribution >= 4 is 80.9 Å². The zero-order valence-corrected chi connectivity index (χ0v) is 44.6. The van der Waals surface area contributed by atoms with Gasteiger partial charge in [-0.2, -0.15) is 29.8 Å². The maximum absolute atomic E-state index is 12.4. The Morgan fingerprint density at radius 3 is 1.96 bits per heavy atom. The Hall–Kier alpha value is -5.66. The molecule has 2 unspecified atom stereocenters. The van der Waals surface area contributed by atoms with Crippen molar-refractivity contribution < 1.29 is 75.7 Å². The minimum atomic E-state index is -4.87. The number of carbonyl (C=O) groups is 3. The Bertz CT molecular complexity index is 3400. The van der Waals surface area contributed by atoms with Gasteiger partial charge in [0, 0.05) is 60.8 Å². The Kier molecular flexibility index (Phi) is 16.3. The van der Waals surface area contributed by atoms with Crippen LogP contribution < -0.4 is 4.90 Å². The molecular weight excluding hydrogens is 1040 g/mol. The summed E-state index contributed by atoms with van der Waals surface area (Å²) >= 11 is 0. The van der Waals surface area contributed by atoms with Crippen molar-refractivity contribution in [3.63, 3.8) is 0 Å². The number of hydrogen-bond donors (Lipinski definition) is 3. The number of carbonyl (C=O) groups excluding carboxylic acids is 3. The second-order valence-electron chi connectivity index (χ2n) is 19.5. The van der Waals surface area contributed by atoms with Gasteiger partial charge in [0.05, 0.1) is 26.7 Å². The first-order chi connectivity index (χ1) is 34.5. The summed E-state index contributed by atoms with van der Waals surface area (Å²) in [6.45, 7) is 3.67. The van der Waals surface area contributed by atoms with Crippen LogP contribution in [0.2, 0.25) is 0 Å². The number of allylic oxidation sites excluding steroid dienone is 8. The van der Waals surface area contributed by atoms with Crippen LogP contribution in [0.15, 0.2) is 112 Å². The zero-order valence-electron chi connectivity index (χ0n) is 41.3. The smallest absolute Gasteiger partial charge is 0.333 e. The molecule has 2 atom stereocenters. The summed E-state index contributed by atoms with van der Waals surface area (Å²) in [6.07, 6.45) is 11.6. The van der Waals surface area contributed by atoms with Crippen LogP contribution in [0.5, 0.6) is 0 Å². The van der Waals surface area contributed by atoms with Crippen LogP contribution in [0.1, 0.15) is 113 Å². The number of anilines is 1. The van der Waals surface area contributed by atoms with Crippen LogP contribution >= 0.6 is 0 Å². The number of imide groups is 1. The highest BCUT2D eigenvalue weighted by atomic mass is 32.2. The van der Waals surface area contributed by atoms with Crippen LogP contribution in [0.25, 0.3) is 5.57 Å². The zero-order chi connectivity index (χ0) is 54.2. The van der Waals surface area contributed by atoms with E-state index in [4.69, 9.17) is 4.84 Å². The monoisotopic (exact) mass is 1100 g/mol. The molecule has 398 valence electrons. The van der Waals surface area contributed by atoms with Crippen LogP contribution in [0.3, 0.4) is 0 Å². The van der Waals surface area contributed by atoms with E-state index in [9.17, 15) is 66.3 Å². The number of fused-ring (bicyclic) bond motifs is 2. The molecule has 0 saturated carbocycles. The van der Waals surface area contributed by atoms with Gasteiger partial charge in [-0.05, 0) is 148 Å². The Balaban J connectivity index is 1.28. The summed E-state index contributed by atoms with van der Waals surface area (Å²) in [7, 11) is -14.6. The van der Waals surface area contributed by atoms with E-state index in [-0.39, 0.29) is 49.8 Å². The number of benzene rings is 3. The summed E-state index contributed by atoms with van der Waals surface area (Å²) in [5.74, 6) is -2.88. The molecule has 2 amide bonds.